The van der Waals surface area contributed by atoms with Gasteiger partial charge >= 0.3 is 0 Å². The standard InChI is InChI=1S/C13H20N4O/c1-2-3-4-5-6-7-8-17-10-16-11-12(17)14-9-15-13(11)18/h9-10H,2-8H2,1H3,(H,14,15,18). The van der Waals surface area contributed by atoms with Gasteiger partial charge in [-0.2, -0.15) is 0 Å². The van der Waals surface area contributed by atoms with Crippen LogP contribution in [0.15, 0.2) is 17.4 Å². The number of nitrogens with one attached hydrogen (secondary N) is 1. The van der Waals surface area contributed by atoms with E-state index in [0.29, 0.717) is 11.2 Å². The van der Waals surface area contributed by atoms with Gasteiger partial charge in [-0.15, -0.1) is 0 Å². The summed E-state index contributed by atoms with van der Waals surface area (Å²) in [6.45, 7) is 3.11. The number of imidazole rings is 1. The molecule has 0 aliphatic heterocycles. The van der Waals surface area contributed by atoms with E-state index in [9.17, 15) is 4.79 Å². The SMILES string of the molecule is CCCCCCCCn1cnc2c(=O)[nH]cnc21. The summed E-state index contributed by atoms with van der Waals surface area (Å²) in [5, 5.41) is 0. The Morgan fingerprint density at radius 1 is 1.17 bits per heavy atom. The molecule has 1 N–H and O–H groups in total. The van der Waals surface area contributed by atoms with Crippen LogP contribution in [-0.2, 0) is 6.54 Å². The molecule has 2 aromatic heterocycles. The fraction of sp³-hybridized carbons (Fsp3) is 0.615. The van der Waals surface area contributed by atoms with Crippen LogP contribution in [0, 0.1) is 0 Å². The second-order valence-corrected chi connectivity index (χ2v) is 4.61. The number of hydrogen-bond donors (Lipinski definition) is 1. The van der Waals surface area contributed by atoms with Crippen molar-refractivity contribution in [1.29, 1.82) is 0 Å². The van der Waals surface area contributed by atoms with E-state index in [4.69, 9.17) is 0 Å². The van der Waals surface area contributed by atoms with Gasteiger partial charge in [0.25, 0.3) is 5.56 Å². The molecule has 18 heavy (non-hydrogen) atoms. The molecule has 0 saturated carbocycles. The molecule has 5 nitrogen and oxygen atoms in total. The number of hydrogen-bond acceptors (Lipinski definition) is 3. The van der Waals surface area contributed by atoms with Gasteiger partial charge < -0.3 is 9.55 Å². The summed E-state index contributed by atoms with van der Waals surface area (Å²) in [7, 11) is 0. The number of aromatic amines is 1. The number of unbranched alkanes of at least 4 members (excludes halogenated alkanes) is 5. The van der Waals surface area contributed by atoms with E-state index in [0.717, 1.165) is 13.0 Å². The van der Waals surface area contributed by atoms with Crippen LogP contribution in [-0.4, -0.2) is 19.5 Å². The van der Waals surface area contributed by atoms with Gasteiger partial charge in [-0.3, -0.25) is 4.79 Å². The fourth-order valence-corrected chi connectivity index (χ4v) is 2.12. The maximum Gasteiger partial charge on any atom is 0.278 e. The minimum atomic E-state index is -0.165. The van der Waals surface area contributed by atoms with Crippen LogP contribution >= 0.6 is 0 Å². The summed E-state index contributed by atoms with van der Waals surface area (Å²) in [6.07, 6.45) is 10.7. The van der Waals surface area contributed by atoms with Crippen molar-refractivity contribution in [2.24, 2.45) is 0 Å². The molecule has 0 amide bonds. The molecule has 0 bridgehead atoms. The normalized spacial score (nSPS) is 11.2. The van der Waals surface area contributed by atoms with Crippen LogP contribution in [0.3, 0.4) is 0 Å². The molecular weight excluding hydrogens is 228 g/mol. The predicted molar refractivity (Wildman–Crippen MR) is 71.5 cm³/mol. The first-order valence-electron chi connectivity index (χ1n) is 6.71. The quantitative estimate of drug-likeness (QED) is 0.766. The van der Waals surface area contributed by atoms with E-state index in [2.05, 4.69) is 21.9 Å². The molecule has 0 aliphatic carbocycles. The molecule has 0 saturated heterocycles. The van der Waals surface area contributed by atoms with Gasteiger partial charge in [-0.25, -0.2) is 9.97 Å². The Balaban J connectivity index is 1.88. The smallest absolute Gasteiger partial charge is 0.278 e. The molecule has 2 aromatic rings. The molecule has 0 aromatic carbocycles. The van der Waals surface area contributed by atoms with Gasteiger partial charge in [0.05, 0.1) is 12.7 Å². The van der Waals surface area contributed by atoms with Gasteiger partial charge in [0.2, 0.25) is 0 Å². The molecule has 2 rings (SSSR count). The van der Waals surface area contributed by atoms with Crippen molar-refractivity contribution in [1.82, 2.24) is 19.5 Å². The number of rotatable bonds is 7. The number of H-pyrrole nitrogens is 1. The summed E-state index contributed by atoms with van der Waals surface area (Å²) in [6, 6.07) is 0. The monoisotopic (exact) mass is 248 g/mol. The zero-order valence-corrected chi connectivity index (χ0v) is 10.9. The van der Waals surface area contributed by atoms with Crippen LogP contribution in [0.2, 0.25) is 0 Å². The van der Waals surface area contributed by atoms with E-state index in [1.54, 1.807) is 6.33 Å². The number of aryl methyl sites for hydroxylation is 1. The van der Waals surface area contributed by atoms with Crippen molar-refractivity contribution < 1.29 is 0 Å². The lowest BCUT2D eigenvalue weighted by Gasteiger charge is -2.03. The van der Waals surface area contributed by atoms with Crippen LogP contribution in [0.1, 0.15) is 45.4 Å². The summed E-state index contributed by atoms with van der Waals surface area (Å²) < 4.78 is 1.96. The highest BCUT2D eigenvalue weighted by molar-refractivity contribution is 5.68. The third-order valence-corrected chi connectivity index (χ3v) is 3.16. The van der Waals surface area contributed by atoms with Gasteiger partial charge in [-0.05, 0) is 6.42 Å². The van der Waals surface area contributed by atoms with Crippen molar-refractivity contribution in [3.05, 3.63) is 23.0 Å². The Kier molecular flexibility index (Phi) is 4.50. The van der Waals surface area contributed by atoms with Crippen LogP contribution in [0.4, 0.5) is 0 Å². The second-order valence-electron chi connectivity index (χ2n) is 4.61. The lowest BCUT2D eigenvalue weighted by atomic mass is 10.1. The maximum atomic E-state index is 11.5. The first-order chi connectivity index (χ1) is 8.83. The zero-order chi connectivity index (χ0) is 12.8. The number of fused-ring (bicyclic) bond motifs is 1. The molecule has 2 heterocycles. The van der Waals surface area contributed by atoms with Crippen LogP contribution in [0.25, 0.3) is 11.2 Å². The average Bonchev–Trinajstić information content (AvgIpc) is 2.79. The summed E-state index contributed by atoms with van der Waals surface area (Å²) >= 11 is 0. The van der Waals surface area contributed by atoms with Gasteiger partial charge in [0, 0.05) is 6.54 Å². The molecule has 0 aliphatic rings. The third kappa shape index (κ3) is 2.97. The lowest BCUT2D eigenvalue weighted by Crippen LogP contribution is -2.07. The number of aromatic nitrogens is 4. The average molecular weight is 248 g/mol. The van der Waals surface area contributed by atoms with Crippen molar-refractivity contribution in [3.63, 3.8) is 0 Å². The van der Waals surface area contributed by atoms with Crippen molar-refractivity contribution >= 4 is 11.2 Å². The molecular formula is C13H20N4O. The Hall–Kier alpha value is -1.65. The highest BCUT2D eigenvalue weighted by Crippen LogP contribution is 2.09. The van der Waals surface area contributed by atoms with Crippen molar-refractivity contribution in [3.8, 4) is 0 Å². The second kappa shape index (κ2) is 6.33. The van der Waals surface area contributed by atoms with Gasteiger partial charge in [0.15, 0.2) is 11.2 Å². The Morgan fingerprint density at radius 3 is 2.78 bits per heavy atom. The summed E-state index contributed by atoms with van der Waals surface area (Å²) in [5.74, 6) is 0. The van der Waals surface area contributed by atoms with E-state index < -0.39 is 0 Å². The Bertz CT molecular complexity index is 543. The minimum absolute atomic E-state index is 0.165. The summed E-state index contributed by atoms with van der Waals surface area (Å²) in [4.78, 5) is 22.3. The topological polar surface area (TPSA) is 63.6 Å². The highest BCUT2D eigenvalue weighted by Gasteiger charge is 2.06. The first kappa shape index (κ1) is 12.8. The van der Waals surface area contributed by atoms with Gasteiger partial charge in [-0.1, -0.05) is 39.0 Å². The molecule has 98 valence electrons. The third-order valence-electron chi connectivity index (χ3n) is 3.16. The zero-order valence-electron chi connectivity index (χ0n) is 10.9. The molecule has 0 spiro atoms. The molecule has 0 unspecified atom stereocenters. The van der Waals surface area contributed by atoms with E-state index in [1.807, 2.05) is 4.57 Å². The van der Waals surface area contributed by atoms with E-state index in [1.165, 1.54) is 38.4 Å². The Labute approximate surface area is 106 Å². The number of nitrogens with zero attached hydrogens (tertiary/aromatic N) is 3. The first-order valence-corrected chi connectivity index (χ1v) is 6.71. The maximum absolute atomic E-state index is 11.5. The van der Waals surface area contributed by atoms with Crippen LogP contribution in [0.5, 0.6) is 0 Å². The largest absolute Gasteiger partial charge is 0.315 e. The summed E-state index contributed by atoms with van der Waals surface area (Å²) in [5.41, 5.74) is 0.956. The Morgan fingerprint density at radius 2 is 1.94 bits per heavy atom. The minimum Gasteiger partial charge on any atom is -0.315 e. The fourth-order valence-electron chi connectivity index (χ4n) is 2.12. The van der Waals surface area contributed by atoms with E-state index >= 15 is 0 Å². The molecule has 5 heteroatoms. The van der Waals surface area contributed by atoms with Crippen LogP contribution < -0.4 is 5.56 Å². The molecule has 0 radical (unpaired) electrons. The highest BCUT2D eigenvalue weighted by atomic mass is 16.1. The van der Waals surface area contributed by atoms with Crippen molar-refractivity contribution in [2.75, 3.05) is 0 Å². The van der Waals surface area contributed by atoms with Crippen molar-refractivity contribution in [2.45, 2.75) is 52.0 Å². The van der Waals surface area contributed by atoms with E-state index in [-0.39, 0.29) is 5.56 Å². The van der Waals surface area contributed by atoms with Gasteiger partial charge in [0.1, 0.15) is 0 Å². The lowest BCUT2D eigenvalue weighted by molar-refractivity contribution is 0.562. The molecule has 0 fully saturated rings. The predicted octanol–water partition coefficient (Wildman–Crippen LogP) is 2.48. The molecule has 0 atom stereocenters.